The number of rotatable bonds is 6. The van der Waals surface area contributed by atoms with E-state index in [0.717, 1.165) is 17.9 Å². The quantitative estimate of drug-likeness (QED) is 0.847. The van der Waals surface area contributed by atoms with Gasteiger partial charge in [-0.25, -0.2) is 0 Å². The van der Waals surface area contributed by atoms with Crippen molar-refractivity contribution in [3.63, 3.8) is 0 Å². The van der Waals surface area contributed by atoms with Crippen molar-refractivity contribution in [2.75, 3.05) is 13.2 Å². The molecule has 18 heavy (non-hydrogen) atoms. The van der Waals surface area contributed by atoms with E-state index in [1.165, 1.54) is 5.56 Å². The van der Waals surface area contributed by atoms with Gasteiger partial charge in [0.25, 0.3) is 0 Å². The van der Waals surface area contributed by atoms with Crippen molar-refractivity contribution in [1.82, 2.24) is 5.32 Å². The molecule has 0 bridgehead atoms. The summed E-state index contributed by atoms with van der Waals surface area (Å²) in [5.74, 6) is 0.904. The van der Waals surface area contributed by atoms with E-state index in [-0.39, 0.29) is 6.04 Å². The molecule has 2 aromatic rings. The molecule has 0 aliphatic carbocycles. The first kappa shape index (κ1) is 12.7. The second kappa shape index (κ2) is 6.26. The normalized spacial score (nSPS) is 12.3. The Balaban J connectivity index is 2.27. The summed E-state index contributed by atoms with van der Waals surface area (Å²) in [6.45, 7) is 5.67. The predicted molar refractivity (Wildman–Crippen MR) is 71.8 cm³/mol. The largest absolute Gasteiger partial charge is 0.494 e. The third-order valence-electron chi connectivity index (χ3n) is 2.79. The summed E-state index contributed by atoms with van der Waals surface area (Å²) in [5, 5.41) is 3.46. The van der Waals surface area contributed by atoms with E-state index in [1.807, 2.05) is 25.1 Å². The average molecular weight is 245 g/mol. The van der Waals surface area contributed by atoms with Gasteiger partial charge in [0, 0.05) is 5.56 Å². The zero-order valence-electron chi connectivity index (χ0n) is 10.8. The van der Waals surface area contributed by atoms with Crippen LogP contribution >= 0.6 is 0 Å². The second-order valence-corrected chi connectivity index (χ2v) is 4.05. The van der Waals surface area contributed by atoms with E-state index in [0.29, 0.717) is 6.61 Å². The molecule has 0 spiro atoms. The molecule has 3 heteroatoms. The molecule has 0 aliphatic heterocycles. The molecule has 0 fully saturated rings. The van der Waals surface area contributed by atoms with Crippen LogP contribution in [0.5, 0.6) is 5.75 Å². The maximum absolute atomic E-state index is 5.54. The van der Waals surface area contributed by atoms with Crippen LogP contribution in [0.3, 0.4) is 0 Å². The van der Waals surface area contributed by atoms with Crippen molar-refractivity contribution in [2.45, 2.75) is 19.9 Å². The summed E-state index contributed by atoms with van der Waals surface area (Å²) in [6, 6.07) is 10.3. The molecule has 96 valence electrons. The zero-order chi connectivity index (χ0) is 12.8. The van der Waals surface area contributed by atoms with E-state index in [4.69, 9.17) is 9.15 Å². The lowest BCUT2D eigenvalue weighted by atomic mass is 10.0. The van der Waals surface area contributed by atoms with Crippen molar-refractivity contribution in [2.24, 2.45) is 0 Å². The van der Waals surface area contributed by atoms with Crippen LogP contribution < -0.4 is 10.1 Å². The van der Waals surface area contributed by atoms with Gasteiger partial charge in [-0.2, -0.15) is 0 Å². The van der Waals surface area contributed by atoms with Crippen molar-refractivity contribution in [3.05, 3.63) is 54.0 Å². The fourth-order valence-electron chi connectivity index (χ4n) is 2.02. The lowest BCUT2D eigenvalue weighted by Crippen LogP contribution is -2.21. The SMILES string of the molecule is CCNC(c1ccoc1)c1cccc(OCC)c1. The Morgan fingerprint density at radius 3 is 2.78 bits per heavy atom. The summed E-state index contributed by atoms with van der Waals surface area (Å²) in [5.41, 5.74) is 2.31. The Morgan fingerprint density at radius 2 is 2.11 bits per heavy atom. The van der Waals surface area contributed by atoms with Crippen molar-refractivity contribution in [3.8, 4) is 5.75 Å². The van der Waals surface area contributed by atoms with Gasteiger partial charge in [0.15, 0.2) is 0 Å². The predicted octanol–water partition coefficient (Wildman–Crippen LogP) is 3.38. The molecule has 0 amide bonds. The lowest BCUT2D eigenvalue weighted by molar-refractivity contribution is 0.339. The van der Waals surface area contributed by atoms with Gasteiger partial charge in [0.1, 0.15) is 5.75 Å². The Morgan fingerprint density at radius 1 is 1.22 bits per heavy atom. The highest BCUT2D eigenvalue weighted by molar-refractivity contribution is 5.35. The van der Waals surface area contributed by atoms with Crippen molar-refractivity contribution >= 4 is 0 Å². The highest BCUT2D eigenvalue weighted by Gasteiger charge is 2.14. The summed E-state index contributed by atoms with van der Waals surface area (Å²) in [6.07, 6.45) is 3.48. The lowest BCUT2D eigenvalue weighted by Gasteiger charge is -2.17. The van der Waals surface area contributed by atoms with Crippen LogP contribution in [0.4, 0.5) is 0 Å². The Hall–Kier alpha value is -1.74. The van der Waals surface area contributed by atoms with Gasteiger partial charge in [0.2, 0.25) is 0 Å². The standard InChI is InChI=1S/C15H19NO2/c1-3-16-15(13-8-9-17-11-13)12-6-5-7-14(10-12)18-4-2/h5-11,15-16H,3-4H2,1-2H3. The minimum absolute atomic E-state index is 0.147. The Kier molecular flexibility index (Phi) is 4.42. The summed E-state index contributed by atoms with van der Waals surface area (Å²) < 4.78 is 10.7. The summed E-state index contributed by atoms with van der Waals surface area (Å²) in [7, 11) is 0. The molecular weight excluding hydrogens is 226 g/mol. The molecule has 1 aromatic carbocycles. The Labute approximate surface area is 108 Å². The third-order valence-corrected chi connectivity index (χ3v) is 2.79. The summed E-state index contributed by atoms with van der Waals surface area (Å²) >= 11 is 0. The number of nitrogens with one attached hydrogen (secondary N) is 1. The molecule has 1 N–H and O–H groups in total. The molecule has 2 rings (SSSR count). The first-order chi connectivity index (χ1) is 8.85. The molecule has 1 atom stereocenters. The van der Waals surface area contributed by atoms with Crippen molar-refractivity contribution < 1.29 is 9.15 Å². The average Bonchev–Trinajstić information content (AvgIpc) is 2.90. The van der Waals surface area contributed by atoms with Crippen molar-refractivity contribution in [1.29, 1.82) is 0 Å². The third kappa shape index (κ3) is 2.93. The van der Waals surface area contributed by atoms with Gasteiger partial charge in [-0.1, -0.05) is 19.1 Å². The van der Waals surface area contributed by atoms with Gasteiger partial charge in [0.05, 0.1) is 25.2 Å². The summed E-state index contributed by atoms with van der Waals surface area (Å²) in [4.78, 5) is 0. The zero-order valence-corrected chi connectivity index (χ0v) is 10.8. The van der Waals surface area contributed by atoms with E-state index in [1.54, 1.807) is 12.5 Å². The first-order valence-corrected chi connectivity index (χ1v) is 6.33. The fourth-order valence-corrected chi connectivity index (χ4v) is 2.02. The van der Waals surface area contributed by atoms with Gasteiger partial charge in [-0.15, -0.1) is 0 Å². The van der Waals surface area contributed by atoms with Crippen LogP contribution in [-0.2, 0) is 0 Å². The number of furan rings is 1. The molecule has 0 radical (unpaired) electrons. The second-order valence-electron chi connectivity index (χ2n) is 4.05. The van der Waals surface area contributed by atoms with Gasteiger partial charge < -0.3 is 14.5 Å². The molecule has 1 heterocycles. The molecule has 0 saturated carbocycles. The molecule has 0 saturated heterocycles. The highest BCUT2D eigenvalue weighted by Crippen LogP contribution is 2.25. The van der Waals surface area contributed by atoms with Crippen LogP contribution in [0, 0.1) is 0 Å². The monoisotopic (exact) mass is 245 g/mol. The van der Waals surface area contributed by atoms with E-state index < -0.39 is 0 Å². The van der Waals surface area contributed by atoms with Crippen LogP contribution in [0.1, 0.15) is 31.0 Å². The fraction of sp³-hybridized carbons (Fsp3) is 0.333. The number of hydrogen-bond donors (Lipinski definition) is 1. The highest BCUT2D eigenvalue weighted by atomic mass is 16.5. The van der Waals surface area contributed by atoms with Crippen LogP contribution in [0.15, 0.2) is 47.3 Å². The smallest absolute Gasteiger partial charge is 0.119 e. The number of benzene rings is 1. The minimum Gasteiger partial charge on any atom is -0.494 e. The van der Waals surface area contributed by atoms with E-state index in [9.17, 15) is 0 Å². The molecule has 1 unspecified atom stereocenters. The van der Waals surface area contributed by atoms with E-state index in [2.05, 4.69) is 24.4 Å². The first-order valence-electron chi connectivity index (χ1n) is 6.33. The molecule has 3 nitrogen and oxygen atoms in total. The van der Waals surface area contributed by atoms with Crippen LogP contribution in [0.2, 0.25) is 0 Å². The van der Waals surface area contributed by atoms with Crippen LogP contribution in [-0.4, -0.2) is 13.2 Å². The molecule has 1 aromatic heterocycles. The maximum Gasteiger partial charge on any atom is 0.119 e. The maximum atomic E-state index is 5.54. The van der Waals surface area contributed by atoms with E-state index >= 15 is 0 Å². The Bertz CT molecular complexity index is 465. The van der Waals surface area contributed by atoms with Gasteiger partial charge >= 0.3 is 0 Å². The number of hydrogen-bond acceptors (Lipinski definition) is 3. The van der Waals surface area contributed by atoms with Gasteiger partial charge in [-0.3, -0.25) is 0 Å². The number of ether oxygens (including phenoxy) is 1. The minimum atomic E-state index is 0.147. The molecular formula is C15H19NO2. The van der Waals surface area contributed by atoms with Gasteiger partial charge in [-0.05, 0) is 37.2 Å². The van der Waals surface area contributed by atoms with Crippen LogP contribution in [0.25, 0.3) is 0 Å². The topological polar surface area (TPSA) is 34.4 Å². The molecule has 0 aliphatic rings.